The van der Waals surface area contributed by atoms with Gasteiger partial charge in [0.05, 0.1) is 42.7 Å². The maximum atomic E-state index is 4.65. The van der Waals surface area contributed by atoms with E-state index < -0.39 is 0 Å². The van der Waals surface area contributed by atoms with Gasteiger partial charge in [0.25, 0.3) is 0 Å². The third kappa shape index (κ3) is 273. The number of aliphatic imine (C=N–C) groups is 5. The van der Waals surface area contributed by atoms with Crippen LogP contribution in [-0.4, -0.2) is 145 Å². The van der Waals surface area contributed by atoms with Gasteiger partial charge in [-0.25, -0.2) is 9.82 Å². The zero-order valence-electron chi connectivity index (χ0n) is 68.4. The maximum absolute atomic E-state index is 4.65. The van der Waals surface area contributed by atoms with Crippen molar-refractivity contribution >= 4 is 96.9 Å². The van der Waals surface area contributed by atoms with E-state index in [1.807, 2.05) is 301 Å². The molecule has 10 heterocycles. The van der Waals surface area contributed by atoms with Crippen LogP contribution in [0.1, 0.15) is 309 Å². The van der Waals surface area contributed by atoms with Crippen molar-refractivity contribution in [3.8, 4) is 0 Å². The standard InChI is InChI=1S/C4H7N.2C3H6N2.2C3H5NO.2C3H5NS.C2H5N3.C2H4N2O.C2H4N2S.20C2H6/c1-2-4-5-3-1;1-2-5-3-4-1;1-2-4-5-3-1;1-2-5-3-4-1;1-2-4-5-3-1;1-2-5-3-4-1;1-2-4-5-3-1;1-3-2-5-4-1;2*1-3-4-2-5-1;20*1-2/h3H,1-2,4H2;3H,1-2H2,(H,4,5);2,5H,1,3H2;3H,1-2H2;2H,1,3H2;3H,1-2H2;2H,1,3H2;1,5H,2H2,(H,3,4);2*1,4H,2H2;20*1-2H3. The fourth-order valence-electron chi connectivity index (χ4n) is 2.76. The van der Waals surface area contributed by atoms with Crippen molar-refractivity contribution in [3.63, 3.8) is 0 Å². The third-order valence-electron chi connectivity index (χ3n) is 5.00. The first-order valence-corrected chi connectivity index (χ1v) is 39.1. The summed E-state index contributed by atoms with van der Waals surface area (Å²) >= 11 is 5.10. The van der Waals surface area contributed by atoms with Gasteiger partial charge in [0, 0.05) is 69.2 Å². The molecular weight excluding hydrogens is 1190 g/mol. The van der Waals surface area contributed by atoms with Gasteiger partial charge in [-0.05, 0) is 37.4 Å². The summed E-state index contributed by atoms with van der Waals surface area (Å²) < 4.78 is 13.1. The fourth-order valence-corrected chi connectivity index (χ4v) is 4.18. The number of hydrazine groups is 1. The molecule has 0 fully saturated rings. The lowest BCUT2D eigenvalue weighted by Gasteiger charge is -1.80. The highest BCUT2D eigenvalue weighted by molar-refractivity contribution is 8.12. The van der Waals surface area contributed by atoms with E-state index in [4.69, 9.17) is 0 Å². The number of ether oxygens (including phenoxy) is 2. The number of hydrazone groups is 3. The van der Waals surface area contributed by atoms with E-state index in [-0.39, 0.29) is 0 Å². The summed E-state index contributed by atoms with van der Waals surface area (Å²) in [6.07, 6.45) is 19.5. The van der Waals surface area contributed by atoms with Crippen molar-refractivity contribution < 1.29 is 14.3 Å². The number of thioether (sulfide) groups is 2. The molecular formula is C68H172N16O3S3. The average Bonchev–Trinajstić information content (AvgIpc) is 4.52. The van der Waals surface area contributed by atoms with E-state index in [0.29, 0.717) is 13.4 Å². The summed E-state index contributed by atoms with van der Waals surface area (Å²) in [5, 5.41) is 17.3. The molecule has 10 aliphatic rings. The molecule has 0 aliphatic carbocycles. The van der Waals surface area contributed by atoms with Crippen LogP contribution in [0.5, 0.6) is 0 Å². The molecule has 0 atom stereocenters. The molecule has 0 unspecified atom stereocenters. The lowest BCUT2D eigenvalue weighted by Crippen LogP contribution is -2.22. The van der Waals surface area contributed by atoms with Gasteiger partial charge in [-0.15, -0.1) is 16.9 Å². The molecule has 560 valence electrons. The van der Waals surface area contributed by atoms with E-state index in [1.54, 1.807) is 59.9 Å². The van der Waals surface area contributed by atoms with Gasteiger partial charge in [0.15, 0.2) is 19.5 Å². The van der Waals surface area contributed by atoms with Crippen molar-refractivity contribution in [2.24, 2.45) is 49.8 Å². The highest BCUT2D eigenvalue weighted by Gasteiger charge is 1.89. The molecule has 0 spiro atoms. The second kappa shape index (κ2) is 283. The van der Waals surface area contributed by atoms with E-state index >= 15 is 0 Å². The molecule has 0 saturated heterocycles. The average molecular weight is 1360 g/mol. The van der Waals surface area contributed by atoms with Crippen molar-refractivity contribution in [1.82, 2.24) is 32.4 Å². The molecule has 10 aliphatic heterocycles. The lowest BCUT2D eigenvalue weighted by atomic mass is 10.4. The zero-order chi connectivity index (χ0) is 75.4. The molecule has 90 heavy (non-hydrogen) atoms. The van der Waals surface area contributed by atoms with Gasteiger partial charge in [0.2, 0.25) is 0 Å². The summed E-state index contributed by atoms with van der Waals surface area (Å²) in [5.41, 5.74) is 17.2. The second-order valence-corrected chi connectivity index (χ2v) is 11.7. The van der Waals surface area contributed by atoms with Crippen molar-refractivity contribution in [1.29, 1.82) is 0 Å². The molecule has 19 nitrogen and oxygen atoms in total. The smallest absolute Gasteiger partial charge is 0.194 e. The first kappa shape index (κ1) is 143. The number of oxime groups is 1. The van der Waals surface area contributed by atoms with Gasteiger partial charge in [-0.3, -0.25) is 35.8 Å². The normalized spacial score (nSPS) is 12.2. The molecule has 10 rings (SSSR count). The van der Waals surface area contributed by atoms with Crippen LogP contribution in [0, 0.1) is 0 Å². The summed E-state index contributed by atoms with van der Waals surface area (Å²) in [7, 11) is 0. The van der Waals surface area contributed by atoms with Crippen LogP contribution < -0.4 is 32.4 Å². The topological polar surface area (TPSA) is 223 Å². The van der Waals surface area contributed by atoms with Crippen LogP contribution in [0.2, 0.25) is 0 Å². The Morgan fingerprint density at radius 1 is 0.367 bits per heavy atom. The summed E-state index contributed by atoms with van der Waals surface area (Å²) in [6.45, 7) is 88.8. The Morgan fingerprint density at radius 2 is 0.922 bits per heavy atom. The Bertz CT molecular complexity index is 743. The Balaban J connectivity index is -0.0000000317. The molecule has 6 N–H and O–H groups in total. The second-order valence-electron chi connectivity index (χ2n) is 9.01. The Labute approximate surface area is 582 Å². The van der Waals surface area contributed by atoms with Crippen molar-refractivity contribution in [3.05, 3.63) is 0 Å². The largest absolute Gasteiger partial charge is 0.482 e. The highest BCUT2D eigenvalue weighted by atomic mass is 32.2. The van der Waals surface area contributed by atoms with Crippen LogP contribution >= 0.6 is 35.5 Å². The molecule has 0 saturated carbocycles. The number of hydrogen-bond donors (Lipinski definition) is 6. The van der Waals surface area contributed by atoms with E-state index in [0.717, 1.165) is 71.2 Å². The lowest BCUT2D eigenvalue weighted by molar-refractivity contribution is 0.174. The number of hydrogen-bond acceptors (Lipinski definition) is 22. The predicted molar refractivity (Wildman–Crippen MR) is 443 cm³/mol. The van der Waals surface area contributed by atoms with Crippen LogP contribution in [-0.2, 0) is 14.3 Å². The van der Waals surface area contributed by atoms with E-state index in [2.05, 4.69) is 96.6 Å². The summed E-state index contributed by atoms with van der Waals surface area (Å²) in [6, 6.07) is 0. The van der Waals surface area contributed by atoms with Crippen LogP contribution in [0.3, 0.4) is 0 Å². The van der Waals surface area contributed by atoms with E-state index in [9.17, 15) is 0 Å². The van der Waals surface area contributed by atoms with Gasteiger partial charge in [-0.1, -0.05) is 294 Å². The predicted octanol–water partition coefficient (Wildman–Crippen LogP) is 22.1. The minimum Gasteiger partial charge on any atom is -0.482 e. The number of rotatable bonds is 0. The Kier molecular flexibility index (Phi) is 449. The van der Waals surface area contributed by atoms with Gasteiger partial charge in [-0.2, -0.15) is 10.2 Å². The molecule has 0 radical (unpaired) electrons. The molecule has 0 aromatic heterocycles. The van der Waals surface area contributed by atoms with Gasteiger partial charge < -0.3 is 30.5 Å². The first-order valence-electron chi connectivity index (χ1n) is 36.1. The van der Waals surface area contributed by atoms with Gasteiger partial charge >= 0.3 is 0 Å². The van der Waals surface area contributed by atoms with Crippen LogP contribution in [0.25, 0.3) is 0 Å². The third-order valence-corrected chi connectivity index (χ3v) is 6.98. The van der Waals surface area contributed by atoms with Crippen molar-refractivity contribution in [2.45, 2.75) is 309 Å². The minimum absolute atomic E-state index is 0.528. The molecule has 0 aromatic carbocycles. The minimum atomic E-state index is 0.528. The SMILES string of the molecule is C1=NCCC1.C1=NCCN1.C1=NCCO1.C1=NCCS1.C1=NCNN1.C1=NNCC1.C1=NNCO1.C1=NNCS1.C1=NOCC1.C1=NSCC1.CC.CC.CC.CC.CC.CC.CC.CC.CC.CC.CC.CC.CC.CC.CC.CC.CC.CC.CC.CC. The number of nitrogens with one attached hydrogen (secondary N) is 6. The summed E-state index contributed by atoms with van der Waals surface area (Å²) in [4.78, 5) is 23.7. The van der Waals surface area contributed by atoms with Crippen molar-refractivity contribution in [2.75, 3.05) is 83.3 Å². The molecule has 0 amide bonds. The molecule has 0 bridgehead atoms. The fraction of sp³-hybridized carbons (Fsp3) is 0.853. The van der Waals surface area contributed by atoms with Gasteiger partial charge in [0.1, 0.15) is 19.9 Å². The van der Waals surface area contributed by atoms with E-state index in [1.165, 1.54) is 43.6 Å². The maximum Gasteiger partial charge on any atom is 0.194 e. The molecule has 0 aromatic rings. The number of nitrogens with zero attached hydrogens (tertiary/aromatic N) is 10. The van der Waals surface area contributed by atoms with Crippen LogP contribution in [0.4, 0.5) is 0 Å². The Hall–Kier alpha value is -3.89. The Morgan fingerprint density at radius 3 is 1.03 bits per heavy atom. The first-order chi connectivity index (χ1) is 45.0. The summed E-state index contributed by atoms with van der Waals surface area (Å²) in [5.74, 6) is 3.33. The monoisotopic (exact) mass is 1360 g/mol. The highest BCUT2D eigenvalue weighted by Crippen LogP contribution is 2.07. The zero-order valence-corrected chi connectivity index (χ0v) is 70.9. The molecule has 22 heteroatoms. The quantitative estimate of drug-likeness (QED) is 0.125. The van der Waals surface area contributed by atoms with Crippen LogP contribution in [0.15, 0.2) is 49.8 Å².